The van der Waals surface area contributed by atoms with Crippen molar-refractivity contribution in [2.24, 2.45) is 0 Å². The number of hydrogen-bond acceptors (Lipinski definition) is 2. The number of aliphatic hydroxyl groups is 1. The van der Waals surface area contributed by atoms with E-state index in [-0.39, 0.29) is 10.6 Å². The number of ether oxygens (including phenoxy) is 1. The Bertz CT molecular complexity index is 604. The average Bonchev–Trinajstić information content (AvgIpc) is 2.41. The summed E-state index contributed by atoms with van der Waals surface area (Å²) in [7, 11) is 1.55. The van der Waals surface area contributed by atoms with Gasteiger partial charge < -0.3 is 9.84 Å². The van der Waals surface area contributed by atoms with Crippen molar-refractivity contribution in [3.05, 3.63) is 62.8 Å². The lowest BCUT2D eigenvalue weighted by atomic mass is 10.0. The highest BCUT2D eigenvalue weighted by atomic mass is 79.9. The van der Waals surface area contributed by atoms with Gasteiger partial charge in [-0.25, -0.2) is 4.39 Å². The average molecular weight is 346 g/mol. The highest BCUT2D eigenvalue weighted by molar-refractivity contribution is 9.10. The minimum absolute atomic E-state index is 0.0101. The van der Waals surface area contributed by atoms with Gasteiger partial charge >= 0.3 is 0 Å². The van der Waals surface area contributed by atoms with Crippen LogP contribution in [-0.2, 0) is 0 Å². The predicted octanol–water partition coefficient (Wildman–Crippen LogP) is 4.33. The molecule has 0 fully saturated rings. The van der Waals surface area contributed by atoms with Crippen LogP contribution in [0, 0.1) is 5.82 Å². The maximum absolute atomic E-state index is 13.9. The van der Waals surface area contributed by atoms with Gasteiger partial charge in [0.1, 0.15) is 17.7 Å². The number of methoxy groups -OCH3 is 1. The zero-order valence-electron chi connectivity index (χ0n) is 10.0. The topological polar surface area (TPSA) is 29.5 Å². The number of rotatable bonds is 3. The van der Waals surface area contributed by atoms with Crippen LogP contribution >= 0.6 is 27.5 Å². The molecule has 0 heterocycles. The largest absolute Gasteiger partial charge is 0.496 e. The Morgan fingerprint density at radius 1 is 1.32 bits per heavy atom. The first-order valence-corrected chi connectivity index (χ1v) is 6.67. The van der Waals surface area contributed by atoms with Gasteiger partial charge in [0.25, 0.3) is 0 Å². The van der Waals surface area contributed by atoms with Crippen molar-refractivity contribution < 1.29 is 14.2 Å². The summed E-state index contributed by atoms with van der Waals surface area (Å²) in [5, 5.41) is 10.2. The van der Waals surface area contributed by atoms with E-state index >= 15 is 0 Å². The molecule has 100 valence electrons. The number of benzene rings is 2. The molecule has 1 unspecified atom stereocenters. The van der Waals surface area contributed by atoms with Gasteiger partial charge in [-0.2, -0.15) is 0 Å². The Kier molecular flexibility index (Phi) is 4.45. The highest BCUT2D eigenvalue weighted by Gasteiger charge is 2.17. The van der Waals surface area contributed by atoms with Crippen LogP contribution < -0.4 is 4.74 Å². The molecule has 0 aliphatic rings. The molecular weight excluding hydrogens is 335 g/mol. The maximum atomic E-state index is 13.9. The van der Waals surface area contributed by atoms with Gasteiger partial charge in [-0.05, 0) is 39.7 Å². The van der Waals surface area contributed by atoms with E-state index in [1.807, 2.05) is 0 Å². The van der Waals surface area contributed by atoms with Crippen LogP contribution in [0.3, 0.4) is 0 Å². The van der Waals surface area contributed by atoms with Gasteiger partial charge in [0.2, 0.25) is 0 Å². The van der Waals surface area contributed by atoms with Gasteiger partial charge in [0.15, 0.2) is 0 Å². The quantitative estimate of drug-likeness (QED) is 0.897. The first kappa shape index (κ1) is 14.3. The Labute approximate surface area is 123 Å². The molecule has 0 aliphatic carbocycles. The van der Waals surface area contributed by atoms with E-state index in [1.54, 1.807) is 31.4 Å². The summed E-state index contributed by atoms with van der Waals surface area (Å²) >= 11 is 9.03. The second-order valence-electron chi connectivity index (χ2n) is 3.94. The lowest BCUT2D eigenvalue weighted by Gasteiger charge is -2.14. The summed E-state index contributed by atoms with van der Waals surface area (Å²) in [6, 6.07) is 9.60. The Hall–Kier alpha value is -1.10. The summed E-state index contributed by atoms with van der Waals surface area (Å²) < 4.78 is 19.6. The van der Waals surface area contributed by atoms with Crippen molar-refractivity contribution >= 4 is 27.5 Å². The zero-order chi connectivity index (χ0) is 14.0. The van der Waals surface area contributed by atoms with Crippen LogP contribution in [0.25, 0.3) is 0 Å². The van der Waals surface area contributed by atoms with E-state index in [4.69, 9.17) is 16.3 Å². The molecule has 0 saturated heterocycles. The van der Waals surface area contributed by atoms with Crippen molar-refractivity contribution in [1.29, 1.82) is 0 Å². The lowest BCUT2D eigenvalue weighted by molar-refractivity contribution is 0.215. The molecule has 0 bridgehead atoms. The highest BCUT2D eigenvalue weighted by Crippen LogP contribution is 2.32. The van der Waals surface area contributed by atoms with Gasteiger partial charge in [-0.3, -0.25) is 0 Å². The molecule has 2 nitrogen and oxygen atoms in total. The van der Waals surface area contributed by atoms with Crippen molar-refractivity contribution in [3.63, 3.8) is 0 Å². The third-order valence-corrected chi connectivity index (χ3v) is 3.68. The van der Waals surface area contributed by atoms with Crippen molar-refractivity contribution in [1.82, 2.24) is 0 Å². The Morgan fingerprint density at radius 3 is 2.68 bits per heavy atom. The number of halogens is 3. The fraction of sp³-hybridized carbons (Fsp3) is 0.143. The van der Waals surface area contributed by atoms with Crippen molar-refractivity contribution in [3.8, 4) is 5.75 Å². The minimum Gasteiger partial charge on any atom is -0.496 e. The molecule has 19 heavy (non-hydrogen) atoms. The molecule has 1 N–H and O–H groups in total. The van der Waals surface area contributed by atoms with E-state index in [2.05, 4.69) is 15.9 Å². The molecule has 0 radical (unpaired) electrons. The summed E-state index contributed by atoms with van der Waals surface area (Å²) in [6.07, 6.45) is -1.08. The Balaban J connectivity index is 2.41. The Morgan fingerprint density at radius 2 is 2.05 bits per heavy atom. The van der Waals surface area contributed by atoms with E-state index in [0.29, 0.717) is 15.8 Å². The molecule has 0 saturated carbocycles. The minimum atomic E-state index is -1.08. The molecule has 0 spiro atoms. The molecule has 2 aromatic carbocycles. The van der Waals surface area contributed by atoms with Crippen molar-refractivity contribution in [2.45, 2.75) is 6.10 Å². The molecule has 0 amide bonds. The molecule has 2 rings (SSSR count). The van der Waals surface area contributed by atoms with E-state index in [0.717, 1.165) is 0 Å². The normalized spacial score (nSPS) is 12.3. The van der Waals surface area contributed by atoms with E-state index in [9.17, 15) is 9.50 Å². The van der Waals surface area contributed by atoms with Gasteiger partial charge in [0, 0.05) is 5.56 Å². The summed E-state index contributed by atoms with van der Waals surface area (Å²) in [4.78, 5) is 0. The second kappa shape index (κ2) is 5.90. The second-order valence-corrected chi connectivity index (χ2v) is 5.20. The van der Waals surface area contributed by atoms with Crippen LogP contribution in [0.2, 0.25) is 5.02 Å². The molecule has 2 aromatic rings. The van der Waals surface area contributed by atoms with Crippen LogP contribution in [0.4, 0.5) is 4.39 Å². The molecular formula is C14H11BrClFO2. The van der Waals surface area contributed by atoms with Crippen LogP contribution in [0.15, 0.2) is 40.9 Å². The standard InChI is InChI=1S/C14H11BrClFO2/c1-19-12-6-5-8(7-10(12)15)14(18)9-3-2-4-11(16)13(9)17/h2-7,14,18H,1H3. The summed E-state index contributed by atoms with van der Waals surface area (Å²) in [5.41, 5.74) is 0.693. The summed E-state index contributed by atoms with van der Waals surface area (Å²) in [6.45, 7) is 0. The third kappa shape index (κ3) is 2.91. The van der Waals surface area contributed by atoms with Gasteiger partial charge in [-0.1, -0.05) is 29.8 Å². The summed E-state index contributed by atoms with van der Waals surface area (Å²) in [5.74, 6) is 0.0334. The SMILES string of the molecule is COc1ccc(C(O)c2cccc(Cl)c2F)cc1Br. The van der Waals surface area contributed by atoms with Crippen LogP contribution in [0.1, 0.15) is 17.2 Å². The maximum Gasteiger partial charge on any atom is 0.147 e. The number of aliphatic hydroxyl groups excluding tert-OH is 1. The molecule has 0 aliphatic heterocycles. The van der Waals surface area contributed by atoms with Crippen molar-refractivity contribution in [2.75, 3.05) is 7.11 Å². The lowest BCUT2D eigenvalue weighted by Crippen LogP contribution is -2.03. The van der Waals surface area contributed by atoms with Crippen LogP contribution in [-0.4, -0.2) is 12.2 Å². The number of hydrogen-bond donors (Lipinski definition) is 1. The molecule has 1 atom stereocenters. The third-order valence-electron chi connectivity index (χ3n) is 2.77. The first-order chi connectivity index (χ1) is 9.04. The first-order valence-electron chi connectivity index (χ1n) is 5.50. The fourth-order valence-corrected chi connectivity index (χ4v) is 2.50. The van der Waals surface area contributed by atoms with Gasteiger partial charge in [0.05, 0.1) is 16.6 Å². The monoisotopic (exact) mass is 344 g/mol. The smallest absolute Gasteiger partial charge is 0.147 e. The predicted molar refractivity (Wildman–Crippen MR) is 76.2 cm³/mol. The van der Waals surface area contributed by atoms with E-state index < -0.39 is 11.9 Å². The fourth-order valence-electron chi connectivity index (χ4n) is 1.76. The zero-order valence-corrected chi connectivity index (χ0v) is 12.4. The van der Waals surface area contributed by atoms with Crippen LogP contribution in [0.5, 0.6) is 5.75 Å². The molecule has 5 heteroatoms. The van der Waals surface area contributed by atoms with E-state index in [1.165, 1.54) is 12.1 Å². The van der Waals surface area contributed by atoms with Gasteiger partial charge in [-0.15, -0.1) is 0 Å². The molecule has 0 aromatic heterocycles.